The van der Waals surface area contributed by atoms with Crippen LogP contribution >= 0.6 is 46.4 Å². The molecule has 3 unspecified atom stereocenters. The number of halogens is 4. The smallest absolute Gasteiger partial charge is 0.251 e. The molecule has 0 radical (unpaired) electrons. The number of aliphatic imine (C=N–C) groups is 2. The number of guanidine groups is 2. The van der Waals surface area contributed by atoms with E-state index in [9.17, 15) is 24.6 Å². The van der Waals surface area contributed by atoms with Gasteiger partial charge in [-0.3, -0.25) is 14.4 Å². The summed E-state index contributed by atoms with van der Waals surface area (Å²) in [6.07, 6.45) is 16.3. The number of benzene rings is 3. The van der Waals surface area contributed by atoms with E-state index in [2.05, 4.69) is 54.7 Å². The number of aromatic nitrogens is 3. The predicted octanol–water partition coefficient (Wildman–Crippen LogP) is 9.34. The lowest BCUT2D eigenvalue weighted by atomic mass is 9.97. The van der Waals surface area contributed by atoms with Crippen LogP contribution in [-0.4, -0.2) is 79.2 Å². The maximum Gasteiger partial charge on any atom is 0.251 e. The molecule has 3 amide bonds. The second-order valence-electron chi connectivity index (χ2n) is 19.2. The van der Waals surface area contributed by atoms with Crippen molar-refractivity contribution in [3.05, 3.63) is 110 Å². The van der Waals surface area contributed by atoms with Gasteiger partial charge in [0, 0.05) is 79.7 Å². The second kappa shape index (κ2) is 25.4. The van der Waals surface area contributed by atoms with Crippen LogP contribution in [-0.2, 0) is 0 Å². The SMILES string of the molecule is CC(NC(=O)c1ccc2c(Cl)cnc(Cl)c2c1)C1CCCC1.CC(NC(=O)c1ccc2c(Cl)cnc(N=C(N)N)c2c1)C1CCCC1.NC(N)=Nc1ncc(Cl)c2ccc(C(=O)NC(C(O)O)C3CCCC3)cc12. The highest BCUT2D eigenvalue weighted by atomic mass is 35.5. The fourth-order valence-electron chi connectivity index (χ4n) is 10.1. The largest absolute Gasteiger partial charge is 0.370 e. The molecule has 0 spiro atoms. The standard InChI is InChI=1S/C18H22ClN5O3.C18H22ClN5O.C17H18Cl2N2O/c19-13-8-22-15(24-18(20)21)12-7-10(5-6-11(12)13)16(25)23-14(17(26)27)9-3-1-2-4-9;1-10(11-4-2-3-5-11)23-17(25)12-6-7-13-14(8-12)16(24-18(20)21)22-9-15(13)19;1-10(11-4-2-3-5-11)21-17(22)12-6-7-13-14(8-12)16(19)20-9-15(13)18/h5-9,14,17,26-27H,1-4H2,(H,23,25)(H4,20,21,22,24);6-11H,2-5H2,1H3,(H,23,25)(H4,20,21,22,24);6-11H,2-5H2,1H3,(H,21,22). The number of fused-ring (bicyclic) bond motifs is 3. The predicted molar refractivity (Wildman–Crippen MR) is 295 cm³/mol. The maximum atomic E-state index is 12.7. The lowest BCUT2D eigenvalue weighted by Crippen LogP contribution is -2.47. The molecule has 3 atom stereocenters. The second-order valence-corrected chi connectivity index (χ2v) is 20.8. The van der Waals surface area contributed by atoms with Gasteiger partial charge in [-0.2, -0.15) is 9.98 Å². The van der Waals surface area contributed by atoms with E-state index in [1.165, 1.54) is 70.0 Å². The Morgan fingerprint density at radius 2 is 0.851 bits per heavy atom. The normalized spacial score (nSPS) is 16.2. The minimum atomic E-state index is -1.62. The van der Waals surface area contributed by atoms with Crippen LogP contribution in [0.2, 0.25) is 20.2 Å². The molecule has 74 heavy (non-hydrogen) atoms. The molecule has 3 aliphatic carbocycles. The minimum Gasteiger partial charge on any atom is -0.370 e. The van der Waals surface area contributed by atoms with E-state index in [1.54, 1.807) is 48.5 Å². The fraction of sp³-hybridized carbons (Fsp3) is 0.396. The molecule has 13 N–H and O–H groups in total. The van der Waals surface area contributed by atoms with Gasteiger partial charge in [0.15, 0.2) is 29.8 Å². The van der Waals surface area contributed by atoms with Crippen molar-refractivity contribution < 1.29 is 24.6 Å². The van der Waals surface area contributed by atoms with Gasteiger partial charge in [-0.25, -0.2) is 15.0 Å². The molecule has 3 aromatic heterocycles. The highest BCUT2D eigenvalue weighted by molar-refractivity contribution is 6.39. The topological polar surface area (TPSA) is 295 Å². The van der Waals surface area contributed by atoms with E-state index in [1.807, 2.05) is 6.07 Å². The average Bonchev–Trinajstić information content (AvgIpc) is 4.22. The number of nitrogens with one attached hydrogen (secondary N) is 3. The van der Waals surface area contributed by atoms with Crippen molar-refractivity contribution in [1.82, 2.24) is 30.9 Å². The van der Waals surface area contributed by atoms with Gasteiger partial charge in [0.25, 0.3) is 17.7 Å². The molecule has 3 heterocycles. The van der Waals surface area contributed by atoms with E-state index in [0.29, 0.717) is 76.1 Å². The number of aliphatic hydroxyl groups is 2. The van der Waals surface area contributed by atoms with Crippen LogP contribution < -0.4 is 38.9 Å². The summed E-state index contributed by atoms with van der Waals surface area (Å²) in [5, 5.41) is 34.2. The van der Waals surface area contributed by atoms with E-state index < -0.39 is 18.2 Å². The van der Waals surface area contributed by atoms with Crippen molar-refractivity contribution in [3.63, 3.8) is 0 Å². The zero-order valence-corrected chi connectivity index (χ0v) is 44.2. The Labute approximate surface area is 449 Å². The number of hydrogen-bond acceptors (Lipinski definition) is 10. The molecule has 9 rings (SSSR count). The minimum absolute atomic E-state index is 0.0442. The first-order valence-corrected chi connectivity index (χ1v) is 26.3. The van der Waals surface area contributed by atoms with Crippen LogP contribution in [0.15, 0.2) is 83.2 Å². The quantitative estimate of drug-likeness (QED) is 0.0240. The Kier molecular flexibility index (Phi) is 19.1. The summed E-state index contributed by atoms with van der Waals surface area (Å²) in [6, 6.07) is 15.1. The Hall–Kier alpha value is -6.08. The number of nitrogens with zero attached hydrogens (tertiary/aromatic N) is 5. The van der Waals surface area contributed by atoms with Crippen LogP contribution in [0.3, 0.4) is 0 Å². The molecule has 3 aromatic carbocycles. The van der Waals surface area contributed by atoms with Crippen LogP contribution in [0, 0.1) is 17.8 Å². The summed E-state index contributed by atoms with van der Waals surface area (Å²) in [5.74, 6) is 0.916. The number of hydrogen-bond donors (Lipinski definition) is 9. The Balaban J connectivity index is 0.000000163. The monoisotopic (exact) mass is 1090 g/mol. The summed E-state index contributed by atoms with van der Waals surface area (Å²) < 4.78 is 0. The van der Waals surface area contributed by atoms with Gasteiger partial charge in [0.2, 0.25) is 0 Å². The van der Waals surface area contributed by atoms with Crippen LogP contribution in [0.5, 0.6) is 0 Å². The Bertz CT molecular complexity index is 3060. The van der Waals surface area contributed by atoms with Crippen LogP contribution in [0.4, 0.5) is 11.6 Å². The lowest BCUT2D eigenvalue weighted by Gasteiger charge is -2.26. The Morgan fingerprint density at radius 1 is 0.514 bits per heavy atom. The first kappa shape index (κ1) is 55.7. The van der Waals surface area contributed by atoms with Gasteiger partial charge in [-0.15, -0.1) is 0 Å². The summed E-state index contributed by atoms with van der Waals surface area (Å²) >= 11 is 24.6. The van der Waals surface area contributed by atoms with E-state index in [-0.39, 0.29) is 47.6 Å². The molecule has 3 fully saturated rings. The molecule has 6 aromatic rings. The van der Waals surface area contributed by atoms with Crippen molar-refractivity contribution in [3.8, 4) is 0 Å². The molecular weight excluding hydrogens is 1030 g/mol. The van der Waals surface area contributed by atoms with Crippen LogP contribution in [0.1, 0.15) is 122 Å². The third-order valence-electron chi connectivity index (χ3n) is 14.1. The zero-order chi connectivity index (χ0) is 53.2. The number of carbonyl (C=O) groups excluding carboxylic acids is 3. The van der Waals surface area contributed by atoms with Gasteiger partial charge in [-0.1, -0.05) is 103 Å². The Morgan fingerprint density at radius 3 is 1.23 bits per heavy atom. The zero-order valence-electron chi connectivity index (χ0n) is 41.1. The van der Waals surface area contributed by atoms with Crippen molar-refractivity contribution in [1.29, 1.82) is 0 Å². The first-order chi connectivity index (χ1) is 35.4. The maximum absolute atomic E-state index is 12.7. The first-order valence-electron chi connectivity index (χ1n) is 24.8. The summed E-state index contributed by atoms with van der Waals surface area (Å²) in [6.45, 7) is 4.15. The summed E-state index contributed by atoms with van der Waals surface area (Å²) in [7, 11) is 0. The highest BCUT2D eigenvalue weighted by Crippen LogP contribution is 2.35. The number of aliphatic hydroxyl groups excluding tert-OH is 1. The molecule has 0 aliphatic heterocycles. The highest BCUT2D eigenvalue weighted by Gasteiger charge is 2.32. The average molecular weight is 1090 g/mol. The third kappa shape index (κ3) is 14.0. The van der Waals surface area contributed by atoms with Gasteiger partial charge < -0.3 is 49.1 Å². The molecule has 3 aliphatic rings. The van der Waals surface area contributed by atoms with E-state index >= 15 is 0 Å². The molecule has 0 saturated heterocycles. The van der Waals surface area contributed by atoms with E-state index in [4.69, 9.17) is 69.3 Å². The van der Waals surface area contributed by atoms with E-state index in [0.717, 1.165) is 36.5 Å². The number of amides is 3. The molecular formula is C53H62Cl4N12O5. The summed E-state index contributed by atoms with van der Waals surface area (Å²) in [5.41, 5.74) is 23.2. The van der Waals surface area contributed by atoms with Crippen molar-refractivity contribution in [2.24, 2.45) is 50.7 Å². The fourth-order valence-corrected chi connectivity index (χ4v) is 11.0. The molecule has 392 valence electrons. The number of nitrogens with two attached hydrogens (primary N) is 4. The number of rotatable bonds is 12. The van der Waals surface area contributed by atoms with Crippen molar-refractivity contribution in [2.45, 2.75) is 115 Å². The van der Waals surface area contributed by atoms with Gasteiger partial charge in [-0.05, 0) is 107 Å². The lowest BCUT2D eigenvalue weighted by molar-refractivity contribution is -0.0779. The van der Waals surface area contributed by atoms with Crippen LogP contribution in [0.25, 0.3) is 32.3 Å². The number of pyridine rings is 3. The molecule has 3 saturated carbocycles. The summed E-state index contributed by atoms with van der Waals surface area (Å²) in [4.78, 5) is 58.1. The van der Waals surface area contributed by atoms with Gasteiger partial charge >= 0.3 is 0 Å². The van der Waals surface area contributed by atoms with Gasteiger partial charge in [0.1, 0.15) is 5.15 Å². The molecule has 0 bridgehead atoms. The molecule has 17 nitrogen and oxygen atoms in total. The third-order valence-corrected chi connectivity index (χ3v) is 15.3. The number of carbonyl (C=O) groups is 3. The van der Waals surface area contributed by atoms with Crippen molar-refractivity contribution >= 4 is 120 Å². The molecule has 21 heteroatoms. The van der Waals surface area contributed by atoms with Gasteiger partial charge in [0.05, 0.1) is 21.1 Å². The van der Waals surface area contributed by atoms with Crippen molar-refractivity contribution in [2.75, 3.05) is 0 Å².